The molecule has 0 heterocycles. The van der Waals surface area contributed by atoms with Gasteiger partial charge < -0.3 is 10.6 Å². The Bertz CT molecular complexity index is 457. The number of carbonyl (C=O) groups is 1. The van der Waals surface area contributed by atoms with Gasteiger partial charge in [0.05, 0.1) is 6.54 Å². The number of nitrogens with zero attached hydrogens (tertiary/aromatic N) is 2. The number of nitrogens with two attached hydrogens (primary N) is 1. The summed E-state index contributed by atoms with van der Waals surface area (Å²) in [4.78, 5) is 16.3. The normalized spacial score (nSPS) is 14.6. The number of para-hydroxylation sites is 1. The molecule has 110 valence electrons. The van der Waals surface area contributed by atoms with Crippen LogP contribution in [-0.2, 0) is 11.3 Å². The van der Waals surface area contributed by atoms with Crippen LogP contribution in [0.4, 0.5) is 5.69 Å². The highest BCUT2D eigenvalue weighted by Crippen LogP contribution is 2.25. The third kappa shape index (κ3) is 3.97. The maximum atomic E-state index is 12.2. The van der Waals surface area contributed by atoms with Crippen LogP contribution in [0.5, 0.6) is 0 Å². The van der Waals surface area contributed by atoms with Gasteiger partial charge >= 0.3 is 0 Å². The van der Waals surface area contributed by atoms with Crippen molar-refractivity contribution in [1.29, 1.82) is 0 Å². The second-order valence-electron chi connectivity index (χ2n) is 5.65. The van der Waals surface area contributed by atoms with Crippen LogP contribution < -0.4 is 5.73 Å². The number of nitrogen functional groups attached to an aromatic ring is 1. The summed E-state index contributed by atoms with van der Waals surface area (Å²) in [5.41, 5.74) is 7.89. The van der Waals surface area contributed by atoms with Crippen LogP contribution in [0.25, 0.3) is 0 Å². The van der Waals surface area contributed by atoms with Crippen LogP contribution in [0.2, 0.25) is 0 Å². The van der Waals surface area contributed by atoms with Crippen molar-refractivity contribution in [1.82, 2.24) is 9.80 Å². The van der Waals surface area contributed by atoms with Crippen molar-refractivity contribution in [2.24, 2.45) is 0 Å². The molecule has 1 amide bonds. The molecule has 0 aromatic heterocycles. The number of hydrogen-bond donors (Lipinski definition) is 1. The molecule has 1 aromatic rings. The number of amides is 1. The molecule has 0 bridgehead atoms. The van der Waals surface area contributed by atoms with E-state index in [1.54, 1.807) is 0 Å². The fourth-order valence-electron chi connectivity index (χ4n) is 2.42. The summed E-state index contributed by atoms with van der Waals surface area (Å²) in [6.45, 7) is 4.27. The molecule has 0 spiro atoms. The fourth-order valence-corrected chi connectivity index (χ4v) is 2.42. The third-order valence-electron chi connectivity index (χ3n) is 3.84. The Balaban J connectivity index is 1.96. The number of hydrogen-bond acceptors (Lipinski definition) is 3. The van der Waals surface area contributed by atoms with Crippen molar-refractivity contribution >= 4 is 11.6 Å². The minimum atomic E-state index is 0.218. The van der Waals surface area contributed by atoms with Crippen molar-refractivity contribution < 1.29 is 4.79 Å². The van der Waals surface area contributed by atoms with Gasteiger partial charge in [-0.15, -0.1) is 0 Å². The van der Waals surface area contributed by atoms with Crippen molar-refractivity contribution in [2.45, 2.75) is 38.8 Å². The van der Waals surface area contributed by atoms with E-state index < -0.39 is 0 Å². The molecule has 2 rings (SSSR count). The highest BCUT2D eigenvalue weighted by molar-refractivity contribution is 5.78. The highest BCUT2D eigenvalue weighted by atomic mass is 16.2. The summed E-state index contributed by atoms with van der Waals surface area (Å²) >= 11 is 0. The lowest BCUT2D eigenvalue weighted by molar-refractivity contribution is -0.131. The molecule has 20 heavy (non-hydrogen) atoms. The predicted molar refractivity (Wildman–Crippen MR) is 82.2 cm³/mol. The zero-order valence-corrected chi connectivity index (χ0v) is 12.5. The topological polar surface area (TPSA) is 49.6 Å². The summed E-state index contributed by atoms with van der Waals surface area (Å²) in [6.07, 6.45) is 3.34. The standard InChI is InChI=1S/C16H25N3O/c1-3-10-19(11-13-6-4-5-7-15(13)17)12-16(20)18(2)14-8-9-14/h4-7,14H,3,8-12,17H2,1-2H3. The van der Waals surface area contributed by atoms with Gasteiger partial charge in [0.25, 0.3) is 0 Å². The maximum absolute atomic E-state index is 12.2. The first-order chi connectivity index (χ1) is 9.61. The second kappa shape index (κ2) is 6.75. The molecule has 2 N–H and O–H groups in total. The Kier molecular flexibility index (Phi) is 5.01. The van der Waals surface area contributed by atoms with E-state index in [0.717, 1.165) is 43.6 Å². The quantitative estimate of drug-likeness (QED) is 0.775. The van der Waals surface area contributed by atoms with Gasteiger partial charge in [-0.2, -0.15) is 0 Å². The van der Waals surface area contributed by atoms with Gasteiger partial charge in [0.1, 0.15) is 0 Å². The van der Waals surface area contributed by atoms with Crippen LogP contribution in [0.15, 0.2) is 24.3 Å². The Morgan fingerprint density at radius 2 is 2.05 bits per heavy atom. The van der Waals surface area contributed by atoms with Gasteiger partial charge in [0.15, 0.2) is 0 Å². The molecule has 1 fully saturated rings. The zero-order chi connectivity index (χ0) is 14.5. The lowest BCUT2D eigenvalue weighted by Gasteiger charge is -2.25. The molecule has 1 saturated carbocycles. The van der Waals surface area contributed by atoms with E-state index in [9.17, 15) is 4.79 Å². The Morgan fingerprint density at radius 3 is 2.65 bits per heavy atom. The smallest absolute Gasteiger partial charge is 0.236 e. The molecule has 0 aliphatic heterocycles. The molecule has 0 unspecified atom stereocenters. The van der Waals surface area contributed by atoms with E-state index >= 15 is 0 Å². The maximum Gasteiger partial charge on any atom is 0.236 e. The monoisotopic (exact) mass is 275 g/mol. The van der Waals surface area contributed by atoms with E-state index in [0.29, 0.717) is 12.6 Å². The van der Waals surface area contributed by atoms with Crippen molar-refractivity contribution in [3.05, 3.63) is 29.8 Å². The number of benzene rings is 1. The summed E-state index contributed by atoms with van der Waals surface area (Å²) in [5.74, 6) is 0.218. The molecule has 0 saturated heterocycles. The Hall–Kier alpha value is -1.55. The lowest BCUT2D eigenvalue weighted by atomic mass is 10.1. The molecular formula is C16H25N3O. The van der Waals surface area contributed by atoms with Gasteiger partial charge in [0, 0.05) is 25.3 Å². The molecule has 4 nitrogen and oxygen atoms in total. The molecule has 0 radical (unpaired) electrons. The third-order valence-corrected chi connectivity index (χ3v) is 3.84. The number of rotatable bonds is 7. The largest absolute Gasteiger partial charge is 0.398 e. The average molecular weight is 275 g/mol. The first-order valence-electron chi connectivity index (χ1n) is 7.43. The lowest BCUT2D eigenvalue weighted by Crippen LogP contribution is -2.39. The van der Waals surface area contributed by atoms with Crippen molar-refractivity contribution in [2.75, 3.05) is 25.9 Å². The van der Waals surface area contributed by atoms with E-state index in [-0.39, 0.29) is 5.91 Å². The first-order valence-corrected chi connectivity index (χ1v) is 7.43. The van der Waals surface area contributed by atoms with Crippen LogP contribution >= 0.6 is 0 Å². The van der Waals surface area contributed by atoms with E-state index in [1.807, 2.05) is 36.2 Å². The number of likely N-dealkylation sites (N-methyl/N-ethyl adjacent to an activating group) is 1. The molecular weight excluding hydrogens is 250 g/mol. The second-order valence-corrected chi connectivity index (χ2v) is 5.65. The van der Waals surface area contributed by atoms with Crippen LogP contribution in [-0.4, -0.2) is 41.9 Å². The van der Waals surface area contributed by atoms with Gasteiger partial charge in [0.2, 0.25) is 5.91 Å². The van der Waals surface area contributed by atoms with E-state index in [4.69, 9.17) is 5.73 Å². The number of carbonyl (C=O) groups excluding carboxylic acids is 1. The predicted octanol–water partition coefficient (Wildman–Crippen LogP) is 2.10. The van der Waals surface area contributed by atoms with E-state index in [1.165, 1.54) is 0 Å². The molecule has 4 heteroatoms. The van der Waals surface area contributed by atoms with Gasteiger partial charge in [-0.3, -0.25) is 9.69 Å². The average Bonchev–Trinajstić information content (AvgIpc) is 3.25. The van der Waals surface area contributed by atoms with Crippen LogP contribution in [0.1, 0.15) is 31.7 Å². The van der Waals surface area contributed by atoms with Crippen LogP contribution in [0.3, 0.4) is 0 Å². The summed E-state index contributed by atoms with van der Waals surface area (Å²) in [7, 11) is 1.92. The summed E-state index contributed by atoms with van der Waals surface area (Å²) in [6, 6.07) is 8.36. The fraction of sp³-hybridized carbons (Fsp3) is 0.562. The Morgan fingerprint density at radius 1 is 1.35 bits per heavy atom. The number of anilines is 1. The van der Waals surface area contributed by atoms with Gasteiger partial charge in [-0.05, 0) is 37.4 Å². The van der Waals surface area contributed by atoms with Crippen molar-refractivity contribution in [3.63, 3.8) is 0 Å². The molecule has 1 aromatic carbocycles. The highest BCUT2D eigenvalue weighted by Gasteiger charge is 2.30. The minimum Gasteiger partial charge on any atom is -0.398 e. The van der Waals surface area contributed by atoms with Gasteiger partial charge in [-0.1, -0.05) is 25.1 Å². The molecule has 0 atom stereocenters. The van der Waals surface area contributed by atoms with Gasteiger partial charge in [-0.25, -0.2) is 0 Å². The zero-order valence-electron chi connectivity index (χ0n) is 12.5. The molecule has 1 aliphatic carbocycles. The SMILES string of the molecule is CCCN(CC(=O)N(C)C1CC1)Cc1ccccc1N. The van der Waals surface area contributed by atoms with E-state index in [2.05, 4.69) is 11.8 Å². The Labute approximate surface area is 121 Å². The first kappa shape index (κ1) is 14.9. The summed E-state index contributed by atoms with van der Waals surface area (Å²) in [5, 5.41) is 0. The summed E-state index contributed by atoms with van der Waals surface area (Å²) < 4.78 is 0. The van der Waals surface area contributed by atoms with Crippen molar-refractivity contribution in [3.8, 4) is 0 Å². The molecule has 1 aliphatic rings. The van der Waals surface area contributed by atoms with Crippen LogP contribution in [0, 0.1) is 0 Å². The minimum absolute atomic E-state index is 0.218.